The van der Waals surface area contributed by atoms with Gasteiger partial charge in [0.05, 0.1) is 11.4 Å². The van der Waals surface area contributed by atoms with Gasteiger partial charge in [-0.1, -0.05) is 6.07 Å². The molecule has 1 aromatic rings. The minimum absolute atomic E-state index is 0.0205. The highest BCUT2D eigenvalue weighted by Gasteiger charge is 2.33. The van der Waals surface area contributed by atoms with E-state index in [0.29, 0.717) is 24.4 Å². The number of sulfonamides is 1. The van der Waals surface area contributed by atoms with Gasteiger partial charge >= 0.3 is 0 Å². The van der Waals surface area contributed by atoms with E-state index in [2.05, 4.69) is 5.43 Å². The summed E-state index contributed by atoms with van der Waals surface area (Å²) in [7, 11) is -3.56. The molecule has 27 heavy (non-hydrogen) atoms. The monoisotopic (exact) mass is 394 g/mol. The lowest BCUT2D eigenvalue weighted by molar-refractivity contribution is -0.134. The van der Waals surface area contributed by atoms with Crippen molar-refractivity contribution < 1.29 is 18.0 Å². The van der Waals surface area contributed by atoms with Gasteiger partial charge in [-0.05, 0) is 44.0 Å². The number of carbonyl (C=O) groups is 2. The molecule has 2 heterocycles. The summed E-state index contributed by atoms with van der Waals surface area (Å²) in [4.78, 5) is 25.8. The molecule has 2 fully saturated rings. The molecule has 0 unspecified atom stereocenters. The molecular formula is C18H26N4O4S. The molecule has 0 saturated carbocycles. The van der Waals surface area contributed by atoms with Crippen molar-refractivity contribution in [3.8, 4) is 0 Å². The van der Waals surface area contributed by atoms with E-state index >= 15 is 0 Å². The van der Waals surface area contributed by atoms with Crippen LogP contribution in [0.5, 0.6) is 0 Å². The number of nitrogens with one attached hydrogen (secondary N) is 1. The third kappa shape index (κ3) is 4.15. The molecule has 0 aliphatic carbocycles. The highest BCUT2D eigenvalue weighted by Crippen LogP contribution is 2.20. The van der Waals surface area contributed by atoms with Crippen molar-refractivity contribution in [3.05, 3.63) is 29.3 Å². The first-order valence-electron chi connectivity index (χ1n) is 9.10. The van der Waals surface area contributed by atoms with Crippen LogP contribution in [0.1, 0.15) is 24.5 Å². The zero-order valence-corrected chi connectivity index (χ0v) is 16.8. The molecule has 1 atom stereocenters. The van der Waals surface area contributed by atoms with Crippen LogP contribution in [0.25, 0.3) is 0 Å². The Balaban J connectivity index is 1.60. The summed E-state index contributed by atoms with van der Waals surface area (Å²) in [5.74, 6) is -0.188. The first-order valence-corrected chi connectivity index (χ1v) is 10.5. The van der Waals surface area contributed by atoms with Gasteiger partial charge in [0.25, 0.3) is 0 Å². The van der Waals surface area contributed by atoms with Crippen molar-refractivity contribution in [2.24, 2.45) is 0 Å². The molecule has 0 spiro atoms. The highest BCUT2D eigenvalue weighted by molar-refractivity contribution is 7.89. The van der Waals surface area contributed by atoms with Gasteiger partial charge in [0.1, 0.15) is 0 Å². The molecule has 3 rings (SSSR count). The lowest BCUT2D eigenvalue weighted by atomic mass is 10.1. The lowest BCUT2D eigenvalue weighted by Gasteiger charge is -2.35. The maximum absolute atomic E-state index is 12.9. The van der Waals surface area contributed by atoms with E-state index in [9.17, 15) is 18.0 Å². The first kappa shape index (κ1) is 19.8. The summed E-state index contributed by atoms with van der Waals surface area (Å²) in [6.45, 7) is 7.06. The molecule has 148 valence electrons. The number of rotatable bonds is 4. The van der Waals surface area contributed by atoms with Gasteiger partial charge in [-0.2, -0.15) is 4.31 Å². The Labute approximate surface area is 160 Å². The van der Waals surface area contributed by atoms with Gasteiger partial charge in [0.15, 0.2) is 0 Å². The van der Waals surface area contributed by atoms with Crippen LogP contribution in [0.3, 0.4) is 0 Å². The summed E-state index contributed by atoms with van der Waals surface area (Å²) < 4.78 is 27.1. The third-order valence-electron chi connectivity index (χ3n) is 5.29. The normalized spacial score (nSPS) is 22.1. The summed E-state index contributed by atoms with van der Waals surface area (Å²) in [5, 5.41) is 1.64. The van der Waals surface area contributed by atoms with Crippen LogP contribution in [0, 0.1) is 13.8 Å². The molecule has 9 heteroatoms. The van der Waals surface area contributed by atoms with Gasteiger partial charge < -0.3 is 4.90 Å². The van der Waals surface area contributed by atoms with Crippen molar-refractivity contribution in [1.82, 2.24) is 19.6 Å². The number of carbonyl (C=O) groups excluding carboxylic acids is 2. The van der Waals surface area contributed by atoms with Gasteiger partial charge in [-0.3, -0.25) is 15.0 Å². The zero-order chi connectivity index (χ0) is 19.8. The molecule has 2 aliphatic rings. The standard InChI is InChI=1S/C18H26N4O4S/c1-13-4-5-16(10-14(13)2)27(25,26)21-8-6-20(7-9-21)18(24)12-22-15(3)11-17(23)19-22/h4-5,10,15H,6-9,11-12H2,1-3H3,(H,19,23)/t15-/m1/s1. The number of nitrogens with zero attached hydrogens (tertiary/aromatic N) is 3. The molecule has 0 radical (unpaired) electrons. The fraction of sp³-hybridized carbons (Fsp3) is 0.556. The Morgan fingerprint density at radius 1 is 1.15 bits per heavy atom. The fourth-order valence-corrected chi connectivity index (χ4v) is 4.84. The van der Waals surface area contributed by atoms with Gasteiger partial charge in [-0.25, -0.2) is 13.4 Å². The lowest BCUT2D eigenvalue weighted by Crippen LogP contribution is -2.53. The van der Waals surface area contributed by atoms with E-state index in [1.165, 1.54) is 4.31 Å². The second-order valence-electron chi connectivity index (χ2n) is 7.25. The largest absolute Gasteiger partial charge is 0.339 e. The Hall–Kier alpha value is -1.97. The number of hydrogen-bond donors (Lipinski definition) is 1. The molecule has 0 aromatic heterocycles. The second-order valence-corrected chi connectivity index (χ2v) is 9.18. The molecule has 1 N–H and O–H groups in total. The van der Waals surface area contributed by atoms with Gasteiger partial charge in [0, 0.05) is 38.6 Å². The molecule has 1 aromatic carbocycles. The number of aryl methyl sites for hydroxylation is 2. The molecular weight excluding hydrogens is 368 g/mol. The smallest absolute Gasteiger partial charge is 0.243 e. The number of hydrazine groups is 1. The Morgan fingerprint density at radius 2 is 1.81 bits per heavy atom. The average molecular weight is 394 g/mol. The topological polar surface area (TPSA) is 90.0 Å². The number of piperazine rings is 1. The molecule has 2 saturated heterocycles. The van der Waals surface area contributed by atoms with Crippen molar-refractivity contribution >= 4 is 21.8 Å². The van der Waals surface area contributed by atoms with E-state index in [4.69, 9.17) is 0 Å². The predicted octanol–water partition coefficient (Wildman–Crippen LogP) is 0.262. The van der Waals surface area contributed by atoms with E-state index < -0.39 is 10.0 Å². The Morgan fingerprint density at radius 3 is 2.37 bits per heavy atom. The van der Waals surface area contributed by atoms with Crippen LogP contribution < -0.4 is 5.43 Å². The minimum Gasteiger partial charge on any atom is -0.339 e. The van der Waals surface area contributed by atoms with Crippen molar-refractivity contribution in [2.45, 2.75) is 38.1 Å². The maximum Gasteiger partial charge on any atom is 0.243 e. The SMILES string of the molecule is Cc1ccc(S(=O)(=O)N2CCN(C(=O)CN3NC(=O)C[C@H]3C)CC2)cc1C. The molecule has 8 nitrogen and oxygen atoms in total. The highest BCUT2D eigenvalue weighted by atomic mass is 32.2. The minimum atomic E-state index is -3.56. The number of benzene rings is 1. The van der Waals surface area contributed by atoms with Crippen LogP contribution >= 0.6 is 0 Å². The first-order chi connectivity index (χ1) is 12.7. The summed E-state index contributed by atoms with van der Waals surface area (Å²) in [6.07, 6.45) is 0.384. The number of hydrogen-bond acceptors (Lipinski definition) is 5. The maximum atomic E-state index is 12.9. The summed E-state index contributed by atoms with van der Waals surface area (Å²) in [5.41, 5.74) is 4.66. The van der Waals surface area contributed by atoms with E-state index in [1.807, 2.05) is 26.8 Å². The van der Waals surface area contributed by atoms with Crippen LogP contribution in [-0.4, -0.2) is 73.2 Å². The summed E-state index contributed by atoms with van der Waals surface area (Å²) in [6, 6.07) is 5.12. The Kier molecular flexibility index (Phi) is 5.55. The van der Waals surface area contributed by atoms with E-state index in [0.717, 1.165) is 11.1 Å². The molecule has 2 amide bonds. The molecule has 0 bridgehead atoms. The molecule has 2 aliphatic heterocycles. The zero-order valence-electron chi connectivity index (χ0n) is 15.9. The fourth-order valence-electron chi connectivity index (χ4n) is 3.34. The predicted molar refractivity (Wildman–Crippen MR) is 100 cm³/mol. The second kappa shape index (κ2) is 7.57. The van der Waals surface area contributed by atoms with Crippen LogP contribution in [-0.2, 0) is 19.6 Å². The number of amides is 2. The van der Waals surface area contributed by atoms with Crippen molar-refractivity contribution in [3.63, 3.8) is 0 Å². The van der Waals surface area contributed by atoms with Gasteiger partial charge in [0.2, 0.25) is 21.8 Å². The van der Waals surface area contributed by atoms with E-state index in [1.54, 1.807) is 22.0 Å². The van der Waals surface area contributed by atoms with Crippen LogP contribution in [0.15, 0.2) is 23.1 Å². The van der Waals surface area contributed by atoms with Crippen molar-refractivity contribution in [1.29, 1.82) is 0 Å². The third-order valence-corrected chi connectivity index (χ3v) is 7.19. The average Bonchev–Trinajstić information content (AvgIpc) is 2.94. The Bertz CT molecular complexity index is 847. The van der Waals surface area contributed by atoms with Crippen molar-refractivity contribution in [2.75, 3.05) is 32.7 Å². The van der Waals surface area contributed by atoms with Crippen LogP contribution in [0.4, 0.5) is 0 Å². The van der Waals surface area contributed by atoms with E-state index in [-0.39, 0.29) is 37.5 Å². The summed E-state index contributed by atoms with van der Waals surface area (Å²) >= 11 is 0. The quantitative estimate of drug-likeness (QED) is 0.791. The van der Waals surface area contributed by atoms with Gasteiger partial charge in [-0.15, -0.1) is 0 Å². The van der Waals surface area contributed by atoms with Crippen LogP contribution in [0.2, 0.25) is 0 Å².